The number of rotatable bonds is 2. The Morgan fingerprint density at radius 2 is 2.19 bits per heavy atom. The molecular weight excluding hydrogens is 285 g/mol. The standard InChI is InChI=1S/C12H14FN3O5/c1-4-5-2-16(12(20)15-10(5)14-9(4)13)11-8(19)7(18)6(3-17)21-11/h2,6-8,11,17-19H,3H2,1H3,(H,14,15,20)/t6-,7?,8+,11-/m1/s1. The molecule has 9 heteroatoms. The Hall–Kier alpha value is -1.81. The lowest BCUT2D eigenvalue weighted by Crippen LogP contribution is -2.35. The van der Waals surface area contributed by atoms with E-state index in [2.05, 4.69) is 9.97 Å². The normalized spacial score (nSPS) is 29.4. The Morgan fingerprint density at radius 3 is 2.81 bits per heavy atom. The predicted molar refractivity (Wildman–Crippen MR) is 68.1 cm³/mol. The van der Waals surface area contributed by atoms with Crippen LogP contribution in [0.3, 0.4) is 0 Å². The minimum atomic E-state index is -1.40. The van der Waals surface area contributed by atoms with Crippen molar-refractivity contribution in [1.82, 2.24) is 14.5 Å². The number of aromatic amines is 1. The maximum Gasteiger partial charge on any atom is 0.351 e. The number of nitrogens with zero attached hydrogens (tertiary/aromatic N) is 2. The van der Waals surface area contributed by atoms with E-state index in [1.807, 2.05) is 0 Å². The molecule has 21 heavy (non-hydrogen) atoms. The summed E-state index contributed by atoms with van der Waals surface area (Å²) < 4.78 is 19.7. The number of hydrogen-bond donors (Lipinski definition) is 4. The summed E-state index contributed by atoms with van der Waals surface area (Å²) in [5.74, 6) is -0.601. The number of ether oxygens (including phenoxy) is 1. The van der Waals surface area contributed by atoms with Crippen molar-refractivity contribution in [3.63, 3.8) is 0 Å². The van der Waals surface area contributed by atoms with Crippen molar-refractivity contribution in [2.45, 2.75) is 31.5 Å². The van der Waals surface area contributed by atoms with Gasteiger partial charge in [-0.2, -0.15) is 9.37 Å². The Morgan fingerprint density at radius 1 is 1.48 bits per heavy atom. The summed E-state index contributed by atoms with van der Waals surface area (Å²) in [5, 5.41) is 29.1. The summed E-state index contributed by atoms with van der Waals surface area (Å²) in [4.78, 5) is 18.0. The molecule has 1 saturated heterocycles. The van der Waals surface area contributed by atoms with E-state index in [4.69, 9.17) is 9.84 Å². The van der Waals surface area contributed by atoms with E-state index in [-0.39, 0.29) is 11.2 Å². The van der Waals surface area contributed by atoms with Gasteiger partial charge in [-0.25, -0.2) is 4.79 Å². The van der Waals surface area contributed by atoms with Crippen molar-refractivity contribution in [3.8, 4) is 0 Å². The average Bonchev–Trinajstić information content (AvgIpc) is 2.88. The minimum absolute atomic E-state index is 0.0954. The predicted octanol–water partition coefficient (Wildman–Crippen LogP) is -1.22. The van der Waals surface area contributed by atoms with Crippen LogP contribution in [-0.2, 0) is 4.74 Å². The second-order valence-electron chi connectivity index (χ2n) is 4.99. The Kier molecular flexibility index (Phi) is 3.29. The van der Waals surface area contributed by atoms with Crippen LogP contribution in [0.15, 0.2) is 11.0 Å². The highest BCUT2D eigenvalue weighted by Gasteiger charge is 2.43. The van der Waals surface area contributed by atoms with Gasteiger partial charge in [0.1, 0.15) is 24.0 Å². The second-order valence-corrected chi connectivity index (χ2v) is 4.99. The minimum Gasteiger partial charge on any atom is -0.394 e. The van der Waals surface area contributed by atoms with Crippen LogP contribution >= 0.6 is 0 Å². The number of halogens is 1. The quantitative estimate of drug-likeness (QED) is 0.552. The first-order chi connectivity index (χ1) is 9.93. The van der Waals surface area contributed by atoms with Gasteiger partial charge in [-0.15, -0.1) is 0 Å². The first-order valence-electron chi connectivity index (χ1n) is 6.33. The molecule has 0 aromatic carbocycles. The molecule has 0 spiro atoms. The molecule has 0 saturated carbocycles. The van der Waals surface area contributed by atoms with Gasteiger partial charge in [-0.05, 0) is 6.92 Å². The fourth-order valence-electron chi connectivity index (χ4n) is 2.45. The topological polar surface area (TPSA) is 121 Å². The number of aliphatic hydroxyl groups excluding tert-OH is 3. The fraction of sp³-hybridized carbons (Fsp3) is 0.500. The van der Waals surface area contributed by atoms with Gasteiger partial charge in [0.2, 0.25) is 0 Å². The third-order valence-corrected chi connectivity index (χ3v) is 3.70. The molecule has 0 bridgehead atoms. The summed E-state index contributed by atoms with van der Waals surface area (Å²) in [6.07, 6.45) is -3.62. The maximum atomic E-state index is 13.5. The lowest BCUT2D eigenvalue weighted by Gasteiger charge is -2.17. The highest BCUT2D eigenvalue weighted by atomic mass is 19.1. The van der Waals surface area contributed by atoms with Crippen LogP contribution in [0.4, 0.5) is 4.39 Å². The molecule has 4 atom stereocenters. The monoisotopic (exact) mass is 299 g/mol. The van der Waals surface area contributed by atoms with Crippen LogP contribution in [0, 0.1) is 12.9 Å². The second kappa shape index (κ2) is 4.88. The first-order valence-corrected chi connectivity index (χ1v) is 6.33. The molecule has 1 unspecified atom stereocenters. The number of nitrogens with one attached hydrogen (secondary N) is 1. The molecule has 0 radical (unpaired) electrons. The molecule has 0 aliphatic carbocycles. The zero-order chi connectivity index (χ0) is 15.3. The largest absolute Gasteiger partial charge is 0.394 e. The van der Waals surface area contributed by atoms with E-state index < -0.39 is 42.8 Å². The van der Waals surface area contributed by atoms with Crippen LogP contribution in [0.5, 0.6) is 0 Å². The van der Waals surface area contributed by atoms with Crippen LogP contribution in [0.2, 0.25) is 0 Å². The van der Waals surface area contributed by atoms with Crippen LogP contribution in [0.1, 0.15) is 11.8 Å². The van der Waals surface area contributed by atoms with E-state index in [0.29, 0.717) is 5.39 Å². The molecule has 114 valence electrons. The molecule has 1 aliphatic heterocycles. The SMILES string of the molecule is Cc1c(F)[nH]c2nc(=O)n([C@@H]3O[C@H](CO)C(O)[C@@H]3O)cc12. The van der Waals surface area contributed by atoms with Gasteiger partial charge < -0.3 is 25.0 Å². The zero-order valence-electron chi connectivity index (χ0n) is 11.0. The maximum absolute atomic E-state index is 13.5. The molecular formula is C12H14FN3O5. The Bertz CT molecular complexity index is 742. The van der Waals surface area contributed by atoms with Gasteiger partial charge >= 0.3 is 5.69 Å². The van der Waals surface area contributed by atoms with Gasteiger partial charge in [0.25, 0.3) is 0 Å². The van der Waals surface area contributed by atoms with Crippen LogP contribution < -0.4 is 5.69 Å². The van der Waals surface area contributed by atoms with E-state index >= 15 is 0 Å². The number of aryl methyl sites for hydroxylation is 1. The van der Waals surface area contributed by atoms with E-state index in [1.54, 1.807) is 0 Å². The molecule has 3 rings (SSSR count). The number of aromatic nitrogens is 3. The van der Waals surface area contributed by atoms with Gasteiger partial charge in [-0.3, -0.25) is 4.57 Å². The van der Waals surface area contributed by atoms with E-state index in [0.717, 1.165) is 4.57 Å². The van der Waals surface area contributed by atoms with Gasteiger partial charge in [0.15, 0.2) is 12.2 Å². The van der Waals surface area contributed by atoms with Gasteiger partial charge in [-0.1, -0.05) is 0 Å². The summed E-state index contributed by atoms with van der Waals surface area (Å²) in [7, 11) is 0. The van der Waals surface area contributed by atoms with Crippen molar-refractivity contribution in [2.75, 3.05) is 6.61 Å². The highest BCUT2D eigenvalue weighted by Crippen LogP contribution is 2.29. The van der Waals surface area contributed by atoms with Crippen LogP contribution in [-0.4, -0.2) is 54.8 Å². The van der Waals surface area contributed by atoms with Crippen molar-refractivity contribution in [2.24, 2.45) is 0 Å². The van der Waals surface area contributed by atoms with E-state index in [1.165, 1.54) is 13.1 Å². The highest BCUT2D eigenvalue weighted by molar-refractivity contribution is 5.78. The smallest absolute Gasteiger partial charge is 0.351 e. The first kappa shape index (κ1) is 14.1. The number of aliphatic hydroxyl groups is 3. The molecule has 1 aliphatic rings. The summed E-state index contributed by atoms with van der Waals surface area (Å²) in [6, 6.07) is 0. The molecule has 0 amide bonds. The Labute approximate surface area is 117 Å². The molecule has 4 N–H and O–H groups in total. The number of H-pyrrole nitrogens is 1. The molecule has 2 aromatic heterocycles. The lowest BCUT2D eigenvalue weighted by atomic mass is 10.1. The van der Waals surface area contributed by atoms with Crippen molar-refractivity contribution in [1.29, 1.82) is 0 Å². The average molecular weight is 299 g/mol. The Balaban J connectivity index is 2.10. The summed E-state index contributed by atoms with van der Waals surface area (Å²) in [5.41, 5.74) is -0.394. The van der Waals surface area contributed by atoms with Crippen molar-refractivity contribution in [3.05, 3.63) is 28.2 Å². The summed E-state index contributed by atoms with van der Waals surface area (Å²) >= 11 is 0. The zero-order valence-corrected chi connectivity index (χ0v) is 11.0. The number of hydrogen-bond acceptors (Lipinski definition) is 6. The van der Waals surface area contributed by atoms with E-state index in [9.17, 15) is 19.4 Å². The summed E-state index contributed by atoms with van der Waals surface area (Å²) in [6.45, 7) is 1.01. The number of fused-ring (bicyclic) bond motifs is 1. The van der Waals surface area contributed by atoms with Gasteiger partial charge in [0.05, 0.1) is 6.61 Å². The molecule has 8 nitrogen and oxygen atoms in total. The van der Waals surface area contributed by atoms with Gasteiger partial charge in [0, 0.05) is 17.1 Å². The molecule has 3 heterocycles. The lowest BCUT2D eigenvalue weighted by molar-refractivity contribution is -0.0547. The third kappa shape index (κ3) is 2.05. The molecule has 1 fully saturated rings. The van der Waals surface area contributed by atoms with Crippen molar-refractivity contribution >= 4 is 11.0 Å². The van der Waals surface area contributed by atoms with Crippen molar-refractivity contribution < 1.29 is 24.4 Å². The van der Waals surface area contributed by atoms with Crippen LogP contribution in [0.25, 0.3) is 11.0 Å². The molecule has 2 aromatic rings. The third-order valence-electron chi connectivity index (χ3n) is 3.70. The fourth-order valence-corrected chi connectivity index (χ4v) is 2.45.